The molecule has 0 N–H and O–H groups in total. The Bertz CT molecular complexity index is 1330. The number of hydrogen-bond donors (Lipinski definition) is 0. The van der Waals surface area contributed by atoms with Gasteiger partial charge in [0, 0.05) is 26.9 Å². The van der Waals surface area contributed by atoms with Gasteiger partial charge in [-0.25, -0.2) is 9.41 Å². The predicted octanol–water partition coefficient (Wildman–Crippen LogP) is 7.83. The minimum Gasteiger partial charge on any atom is -0.238 e. The van der Waals surface area contributed by atoms with Gasteiger partial charge in [-0.2, -0.15) is 0 Å². The molecule has 30 heavy (non-hydrogen) atoms. The van der Waals surface area contributed by atoms with E-state index in [1.165, 1.54) is 48.1 Å². The van der Waals surface area contributed by atoms with Gasteiger partial charge in [-0.3, -0.25) is 0 Å². The third kappa shape index (κ3) is 3.30. The van der Waals surface area contributed by atoms with Gasteiger partial charge in [0.25, 0.3) is 0 Å². The smallest absolute Gasteiger partial charge is 0.214 e. The minimum absolute atomic E-state index is 0.0377. The lowest BCUT2D eigenvalue weighted by molar-refractivity contribution is -0.660. The second-order valence-electron chi connectivity index (χ2n) is 9.58. The summed E-state index contributed by atoms with van der Waals surface area (Å²) in [5.74, 6) is 0.484. The number of nitrogens with zero attached hydrogens (tertiary/aromatic N) is 2. The van der Waals surface area contributed by atoms with Crippen LogP contribution in [0.25, 0.3) is 36.3 Å². The van der Waals surface area contributed by atoms with E-state index in [0.29, 0.717) is 11.6 Å². The monoisotopic (exact) mass is 413 g/mol. The van der Waals surface area contributed by atoms with Crippen molar-refractivity contribution >= 4 is 37.2 Å². The van der Waals surface area contributed by atoms with Crippen LogP contribution in [0.3, 0.4) is 0 Å². The molecule has 0 aliphatic carbocycles. The zero-order valence-electron chi connectivity index (χ0n) is 18.9. The number of benzene rings is 2. The second-order valence-corrected chi connectivity index (χ2v) is 10.6. The molecule has 0 spiro atoms. The fraction of sp³-hybridized carbons (Fsp3) is 0.333. The molecule has 0 amide bonds. The number of aryl methyl sites for hydroxylation is 2. The molecule has 0 aliphatic heterocycles. The zero-order valence-corrected chi connectivity index (χ0v) is 19.7. The van der Waals surface area contributed by atoms with E-state index in [0.717, 1.165) is 0 Å². The van der Waals surface area contributed by atoms with Crippen LogP contribution in [0.15, 0.2) is 42.6 Å². The van der Waals surface area contributed by atoms with Crippen LogP contribution in [0.5, 0.6) is 0 Å². The number of aromatic nitrogens is 1. The average Bonchev–Trinajstić information content (AvgIpc) is 3.05. The average molecular weight is 414 g/mol. The molecule has 4 aromatic rings. The van der Waals surface area contributed by atoms with E-state index < -0.39 is 0 Å². The molecule has 0 fully saturated rings. The standard InChI is InChI=1S/C27H29N2S/c1-16(2)18-11-12-29(8)22(14-18)24-17(3)13-21(27(4,5)6)25-20-10-9-19(28-7)15-23(20)30-26(24)25/h9-16H,1-6,8H3/q+1. The molecule has 152 valence electrons. The number of fused-ring (bicyclic) bond motifs is 3. The van der Waals surface area contributed by atoms with Gasteiger partial charge in [0.1, 0.15) is 7.05 Å². The molecule has 0 atom stereocenters. The van der Waals surface area contributed by atoms with Crippen LogP contribution >= 0.6 is 11.3 Å². The Labute approximate surface area is 183 Å². The first-order valence-corrected chi connectivity index (χ1v) is 11.3. The quantitative estimate of drug-likeness (QED) is 0.234. The van der Waals surface area contributed by atoms with E-state index in [1.54, 1.807) is 0 Å². The van der Waals surface area contributed by atoms with E-state index in [1.807, 2.05) is 23.5 Å². The number of rotatable bonds is 2. The maximum absolute atomic E-state index is 7.42. The molecule has 2 aromatic carbocycles. The normalized spacial score (nSPS) is 12.1. The van der Waals surface area contributed by atoms with Crippen molar-refractivity contribution in [2.24, 2.45) is 7.05 Å². The van der Waals surface area contributed by atoms with Gasteiger partial charge in [0.2, 0.25) is 5.69 Å². The van der Waals surface area contributed by atoms with Crippen LogP contribution in [0.2, 0.25) is 0 Å². The first kappa shape index (κ1) is 20.6. The highest BCUT2D eigenvalue weighted by Crippen LogP contribution is 2.46. The van der Waals surface area contributed by atoms with Crippen LogP contribution in [0.4, 0.5) is 5.69 Å². The Balaban J connectivity index is 2.19. The molecule has 3 heteroatoms. The van der Waals surface area contributed by atoms with E-state index in [4.69, 9.17) is 6.57 Å². The number of thiophene rings is 1. The largest absolute Gasteiger partial charge is 0.238 e. The summed E-state index contributed by atoms with van der Waals surface area (Å²) in [7, 11) is 2.13. The van der Waals surface area contributed by atoms with Crippen LogP contribution in [0, 0.1) is 13.5 Å². The molecule has 0 aliphatic rings. The van der Waals surface area contributed by atoms with Gasteiger partial charge in [0.15, 0.2) is 11.9 Å². The summed E-state index contributed by atoms with van der Waals surface area (Å²) in [6.07, 6.45) is 2.18. The Morgan fingerprint density at radius 2 is 1.80 bits per heavy atom. The lowest BCUT2D eigenvalue weighted by Crippen LogP contribution is -2.31. The van der Waals surface area contributed by atoms with Gasteiger partial charge in [-0.15, -0.1) is 11.3 Å². The summed E-state index contributed by atoms with van der Waals surface area (Å²) in [4.78, 5) is 3.66. The summed E-state index contributed by atoms with van der Waals surface area (Å²) in [5.41, 5.74) is 7.35. The van der Waals surface area contributed by atoms with E-state index in [-0.39, 0.29) is 5.41 Å². The van der Waals surface area contributed by atoms with Crippen LogP contribution in [0.1, 0.15) is 57.2 Å². The van der Waals surface area contributed by atoms with Crippen molar-refractivity contribution in [1.29, 1.82) is 0 Å². The zero-order chi connectivity index (χ0) is 21.8. The highest BCUT2D eigenvalue weighted by Gasteiger charge is 2.26. The summed E-state index contributed by atoms with van der Waals surface area (Å²) in [6.45, 7) is 21.0. The Kier molecular flexibility index (Phi) is 4.95. The van der Waals surface area contributed by atoms with Gasteiger partial charge in [0.05, 0.1) is 12.1 Å². The molecule has 2 nitrogen and oxygen atoms in total. The highest BCUT2D eigenvalue weighted by atomic mass is 32.1. The van der Waals surface area contributed by atoms with E-state index >= 15 is 0 Å². The fourth-order valence-corrected chi connectivity index (χ4v) is 5.61. The lowest BCUT2D eigenvalue weighted by Gasteiger charge is -2.23. The van der Waals surface area contributed by atoms with Crippen LogP contribution in [-0.4, -0.2) is 0 Å². The Morgan fingerprint density at radius 1 is 1.07 bits per heavy atom. The summed E-state index contributed by atoms with van der Waals surface area (Å²) in [6, 6.07) is 13.1. The first-order chi connectivity index (χ1) is 14.1. The van der Waals surface area contributed by atoms with Crippen molar-refractivity contribution < 1.29 is 4.57 Å². The maximum atomic E-state index is 7.42. The highest BCUT2D eigenvalue weighted by molar-refractivity contribution is 7.26. The summed E-state index contributed by atoms with van der Waals surface area (Å²) >= 11 is 1.82. The second kappa shape index (κ2) is 7.22. The molecule has 0 radical (unpaired) electrons. The van der Waals surface area contributed by atoms with E-state index in [2.05, 4.69) is 88.5 Å². The maximum Gasteiger partial charge on any atom is 0.214 e. The third-order valence-corrected chi connectivity index (χ3v) is 7.13. The van der Waals surface area contributed by atoms with Gasteiger partial charge >= 0.3 is 0 Å². The van der Waals surface area contributed by atoms with Crippen LogP contribution in [-0.2, 0) is 12.5 Å². The number of pyridine rings is 1. The molecule has 0 saturated carbocycles. The predicted molar refractivity (Wildman–Crippen MR) is 130 cm³/mol. The van der Waals surface area contributed by atoms with Crippen molar-refractivity contribution in [1.82, 2.24) is 0 Å². The molecule has 2 heterocycles. The molecule has 0 unspecified atom stereocenters. The SMILES string of the molecule is [C-]#[N+]c1ccc2c(c1)sc1c(-c3cc(C(C)C)cc[n+]3C)c(C)cc(C(C)(C)C)c12. The molecule has 0 saturated heterocycles. The van der Waals surface area contributed by atoms with Gasteiger partial charge in [-0.05, 0) is 46.4 Å². The lowest BCUT2D eigenvalue weighted by atomic mass is 9.81. The van der Waals surface area contributed by atoms with Crippen molar-refractivity contribution in [3.8, 4) is 11.3 Å². The number of hydrogen-bond acceptors (Lipinski definition) is 1. The van der Waals surface area contributed by atoms with E-state index in [9.17, 15) is 0 Å². The molecule has 2 aromatic heterocycles. The topological polar surface area (TPSA) is 8.24 Å². The molecular weight excluding hydrogens is 384 g/mol. The van der Waals surface area contributed by atoms with Crippen molar-refractivity contribution in [2.75, 3.05) is 0 Å². The molecular formula is C27H29N2S+. The molecule has 0 bridgehead atoms. The first-order valence-electron chi connectivity index (χ1n) is 10.5. The third-order valence-electron chi connectivity index (χ3n) is 5.96. The Hall–Kier alpha value is -2.70. The van der Waals surface area contributed by atoms with Gasteiger partial charge in [-0.1, -0.05) is 52.8 Å². The van der Waals surface area contributed by atoms with Gasteiger partial charge < -0.3 is 0 Å². The van der Waals surface area contributed by atoms with Crippen molar-refractivity contribution in [3.05, 3.63) is 70.7 Å². The van der Waals surface area contributed by atoms with Crippen LogP contribution < -0.4 is 4.57 Å². The minimum atomic E-state index is 0.0377. The molecule has 4 rings (SSSR count). The van der Waals surface area contributed by atoms with Crippen molar-refractivity contribution in [2.45, 2.75) is 52.9 Å². The Morgan fingerprint density at radius 3 is 2.43 bits per heavy atom. The van der Waals surface area contributed by atoms with Crippen molar-refractivity contribution in [3.63, 3.8) is 0 Å². The summed E-state index contributed by atoms with van der Waals surface area (Å²) in [5, 5.41) is 2.60. The summed E-state index contributed by atoms with van der Waals surface area (Å²) < 4.78 is 4.76. The fourth-order valence-electron chi connectivity index (χ4n) is 4.24.